The summed E-state index contributed by atoms with van der Waals surface area (Å²) in [7, 11) is 0. The average Bonchev–Trinajstić information content (AvgIpc) is 2.39. The van der Waals surface area contributed by atoms with Crippen molar-refractivity contribution in [1.82, 2.24) is 14.9 Å². The molecule has 2 N–H and O–H groups in total. The molecule has 2 aliphatic rings. The van der Waals surface area contributed by atoms with E-state index in [1.54, 1.807) is 12.5 Å². The van der Waals surface area contributed by atoms with Crippen molar-refractivity contribution in [3.63, 3.8) is 0 Å². The van der Waals surface area contributed by atoms with Crippen LogP contribution in [-0.2, 0) is 0 Å². The van der Waals surface area contributed by atoms with Crippen LogP contribution in [0, 0.1) is 0 Å². The first kappa shape index (κ1) is 10.8. The Labute approximate surface area is 102 Å². The van der Waals surface area contributed by atoms with Gasteiger partial charge in [-0.2, -0.15) is 0 Å². The lowest BCUT2D eigenvalue weighted by Gasteiger charge is -2.44. The molecule has 1 aromatic rings. The number of nitrogens with zero attached hydrogens (tertiary/aromatic N) is 4. The van der Waals surface area contributed by atoms with Crippen molar-refractivity contribution in [1.29, 1.82) is 0 Å². The molecule has 92 valence electrons. The summed E-state index contributed by atoms with van der Waals surface area (Å²) >= 11 is 0. The fourth-order valence-corrected chi connectivity index (χ4v) is 2.95. The lowest BCUT2D eigenvalue weighted by molar-refractivity contribution is 0.133. The Balaban J connectivity index is 1.76. The van der Waals surface area contributed by atoms with Crippen molar-refractivity contribution >= 4 is 11.5 Å². The molecule has 0 aromatic carbocycles. The van der Waals surface area contributed by atoms with Crippen LogP contribution in [0.5, 0.6) is 0 Å². The fourth-order valence-electron chi connectivity index (χ4n) is 2.95. The van der Waals surface area contributed by atoms with Gasteiger partial charge in [-0.05, 0) is 19.4 Å². The molecule has 2 saturated heterocycles. The third kappa shape index (κ3) is 2.07. The van der Waals surface area contributed by atoms with Crippen LogP contribution in [0.1, 0.15) is 19.3 Å². The summed E-state index contributed by atoms with van der Waals surface area (Å²) in [5.74, 6) is 0.908. The second kappa shape index (κ2) is 4.49. The van der Waals surface area contributed by atoms with Crippen LogP contribution < -0.4 is 10.6 Å². The lowest BCUT2D eigenvalue weighted by Crippen LogP contribution is -2.55. The van der Waals surface area contributed by atoms with Gasteiger partial charge in [0.25, 0.3) is 0 Å². The predicted octanol–water partition coefficient (Wildman–Crippen LogP) is 0.733. The molecule has 0 bridgehead atoms. The summed E-state index contributed by atoms with van der Waals surface area (Å²) in [4.78, 5) is 13.2. The topological polar surface area (TPSA) is 58.3 Å². The monoisotopic (exact) mass is 233 g/mol. The molecule has 5 nitrogen and oxygen atoms in total. The first-order valence-corrected chi connectivity index (χ1v) is 6.39. The number of nitrogens with two attached hydrogens (primary N) is 1. The lowest BCUT2D eigenvalue weighted by atomic mass is 9.99. The standard InChI is InChI=1S/C12H19N5/c13-11-7-14-9-15-12(11)17-6-5-16-4-2-1-3-10(16)8-17/h7,9-10H,1-6,8,13H2. The summed E-state index contributed by atoms with van der Waals surface area (Å²) in [5.41, 5.74) is 6.63. The zero-order valence-electron chi connectivity index (χ0n) is 10.0. The Morgan fingerprint density at radius 1 is 1.24 bits per heavy atom. The van der Waals surface area contributed by atoms with Crippen LogP contribution in [0.25, 0.3) is 0 Å². The highest BCUT2D eigenvalue weighted by atomic mass is 15.3. The largest absolute Gasteiger partial charge is 0.394 e. The van der Waals surface area contributed by atoms with E-state index in [9.17, 15) is 0 Å². The van der Waals surface area contributed by atoms with E-state index in [1.165, 1.54) is 25.8 Å². The van der Waals surface area contributed by atoms with E-state index in [2.05, 4.69) is 19.8 Å². The molecule has 2 fully saturated rings. The second-order valence-corrected chi connectivity index (χ2v) is 4.93. The molecule has 1 unspecified atom stereocenters. The van der Waals surface area contributed by atoms with E-state index in [4.69, 9.17) is 5.73 Å². The summed E-state index contributed by atoms with van der Waals surface area (Å²) < 4.78 is 0. The predicted molar refractivity (Wildman–Crippen MR) is 67.9 cm³/mol. The molecule has 0 spiro atoms. The van der Waals surface area contributed by atoms with Crippen molar-refractivity contribution in [2.24, 2.45) is 0 Å². The van der Waals surface area contributed by atoms with Gasteiger partial charge in [-0.15, -0.1) is 0 Å². The van der Waals surface area contributed by atoms with Crippen molar-refractivity contribution in [2.45, 2.75) is 25.3 Å². The molecule has 0 aliphatic carbocycles. The van der Waals surface area contributed by atoms with Crippen molar-refractivity contribution in [2.75, 3.05) is 36.8 Å². The van der Waals surface area contributed by atoms with Gasteiger partial charge in [0.15, 0.2) is 5.82 Å². The third-order valence-corrected chi connectivity index (χ3v) is 3.86. The van der Waals surface area contributed by atoms with Gasteiger partial charge in [0.05, 0.1) is 11.9 Å². The molecule has 17 heavy (non-hydrogen) atoms. The number of piperidine rings is 1. The van der Waals surface area contributed by atoms with E-state index in [-0.39, 0.29) is 0 Å². The molecule has 1 atom stereocenters. The average molecular weight is 233 g/mol. The zero-order valence-corrected chi connectivity index (χ0v) is 10.0. The minimum absolute atomic E-state index is 0.687. The van der Waals surface area contributed by atoms with E-state index in [0.717, 1.165) is 25.5 Å². The fraction of sp³-hybridized carbons (Fsp3) is 0.667. The molecule has 2 aliphatic heterocycles. The Bertz CT molecular complexity index is 394. The smallest absolute Gasteiger partial charge is 0.155 e. The van der Waals surface area contributed by atoms with E-state index in [0.29, 0.717) is 11.7 Å². The third-order valence-electron chi connectivity index (χ3n) is 3.86. The van der Waals surface area contributed by atoms with Gasteiger partial charge in [0.2, 0.25) is 0 Å². The zero-order chi connectivity index (χ0) is 11.7. The van der Waals surface area contributed by atoms with E-state index < -0.39 is 0 Å². The number of hydrogen-bond donors (Lipinski definition) is 1. The molecule has 1 aromatic heterocycles. The Kier molecular flexibility index (Phi) is 2.84. The van der Waals surface area contributed by atoms with Crippen LogP contribution in [0.4, 0.5) is 11.5 Å². The Morgan fingerprint density at radius 2 is 2.18 bits per heavy atom. The maximum Gasteiger partial charge on any atom is 0.155 e. The number of aromatic nitrogens is 2. The maximum absolute atomic E-state index is 5.94. The summed E-state index contributed by atoms with van der Waals surface area (Å²) in [5, 5.41) is 0. The first-order valence-electron chi connectivity index (χ1n) is 6.39. The van der Waals surface area contributed by atoms with Crippen LogP contribution in [-0.4, -0.2) is 47.1 Å². The second-order valence-electron chi connectivity index (χ2n) is 4.93. The number of anilines is 2. The van der Waals surface area contributed by atoms with Gasteiger partial charge in [-0.25, -0.2) is 9.97 Å². The quantitative estimate of drug-likeness (QED) is 0.775. The molecule has 0 saturated carbocycles. The molecule has 3 heterocycles. The van der Waals surface area contributed by atoms with E-state index >= 15 is 0 Å². The van der Waals surface area contributed by atoms with Crippen molar-refractivity contribution in [3.8, 4) is 0 Å². The Hall–Kier alpha value is -1.36. The van der Waals surface area contributed by atoms with E-state index in [1.807, 2.05) is 0 Å². The van der Waals surface area contributed by atoms with Crippen LogP contribution >= 0.6 is 0 Å². The Morgan fingerprint density at radius 3 is 3.06 bits per heavy atom. The number of piperazine rings is 1. The maximum atomic E-state index is 5.94. The van der Waals surface area contributed by atoms with Gasteiger partial charge in [0.1, 0.15) is 6.33 Å². The van der Waals surface area contributed by atoms with Gasteiger partial charge < -0.3 is 10.6 Å². The van der Waals surface area contributed by atoms with Crippen LogP contribution in [0.3, 0.4) is 0 Å². The van der Waals surface area contributed by atoms with Crippen molar-refractivity contribution < 1.29 is 0 Å². The normalized spacial score (nSPS) is 25.6. The highest BCUT2D eigenvalue weighted by Gasteiger charge is 2.29. The van der Waals surface area contributed by atoms with Gasteiger partial charge in [-0.3, -0.25) is 4.90 Å². The molecular formula is C12H19N5. The molecular weight excluding hydrogens is 214 g/mol. The number of nitrogen functional groups attached to an aromatic ring is 1. The van der Waals surface area contributed by atoms with Gasteiger partial charge >= 0.3 is 0 Å². The summed E-state index contributed by atoms with van der Waals surface area (Å²) in [6, 6.07) is 0.687. The number of hydrogen-bond acceptors (Lipinski definition) is 5. The molecule has 0 amide bonds. The van der Waals surface area contributed by atoms with Crippen LogP contribution in [0.15, 0.2) is 12.5 Å². The highest BCUT2D eigenvalue weighted by molar-refractivity contribution is 5.61. The van der Waals surface area contributed by atoms with Crippen LogP contribution in [0.2, 0.25) is 0 Å². The first-order chi connectivity index (χ1) is 8.34. The number of fused-ring (bicyclic) bond motifs is 1. The summed E-state index contributed by atoms with van der Waals surface area (Å²) in [6.07, 6.45) is 7.29. The van der Waals surface area contributed by atoms with Crippen molar-refractivity contribution in [3.05, 3.63) is 12.5 Å². The van der Waals surface area contributed by atoms with Gasteiger partial charge in [0, 0.05) is 25.7 Å². The molecule has 0 radical (unpaired) electrons. The minimum atomic E-state index is 0.687. The summed E-state index contributed by atoms with van der Waals surface area (Å²) in [6.45, 7) is 4.48. The molecule has 3 rings (SSSR count). The number of rotatable bonds is 1. The highest BCUT2D eigenvalue weighted by Crippen LogP contribution is 2.26. The molecule has 5 heteroatoms. The SMILES string of the molecule is Nc1cncnc1N1CCN2CCCCC2C1. The van der Waals surface area contributed by atoms with Gasteiger partial charge in [-0.1, -0.05) is 6.42 Å². The minimum Gasteiger partial charge on any atom is -0.394 e.